The first-order chi connectivity index (χ1) is 15.5. The maximum absolute atomic E-state index is 13.1. The number of aliphatic hydroxyl groups is 1. The van der Waals surface area contributed by atoms with Gasteiger partial charge in [0.2, 0.25) is 0 Å². The largest absolute Gasteiger partial charge is 0.507 e. The van der Waals surface area contributed by atoms with Crippen molar-refractivity contribution >= 4 is 33.4 Å². The van der Waals surface area contributed by atoms with Crippen LogP contribution in [-0.4, -0.2) is 28.3 Å². The van der Waals surface area contributed by atoms with Crippen LogP contribution < -0.4 is 4.74 Å². The number of Topliss-reactive ketones (excluding diaryl/α,β-unsaturated/α-hetero) is 1. The Morgan fingerprint density at radius 1 is 1.00 bits per heavy atom. The Bertz CT molecular complexity index is 1170. The lowest BCUT2D eigenvalue weighted by molar-refractivity contribution is -0.140. The van der Waals surface area contributed by atoms with E-state index in [0.717, 1.165) is 15.6 Å². The van der Waals surface area contributed by atoms with Crippen LogP contribution in [0.25, 0.3) is 5.76 Å². The molecule has 0 radical (unpaired) electrons. The lowest BCUT2D eigenvalue weighted by Crippen LogP contribution is -2.29. The first-order valence-electron chi connectivity index (χ1n) is 10.3. The zero-order valence-electron chi connectivity index (χ0n) is 17.5. The summed E-state index contributed by atoms with van der Waals surface area (Å²) in [4.78, 5) is 27.7. The second-order valence-electron chi connectivity index (χ2n) is 7.42. The predicted molar refractivity (Wildman–Crippen MR) is 126 cm³/mol. The molecule has 0 spiro atoms. The molecule has 3 aromatic rings. The van der Waals surface area contributed by atoms with Gasteiger partial charge in [-0.1, -0.05) is 58.4 Å². The molecule has 5 nitrogen and oxygen atoms in total. The van der Waals surface area contributed by atoms with Crippen molar-refractivity contribution in [2.45, 2.75) is 19.5 Å². The number of ether oxygens (including phenoxy) is 1. The number of ketones is 1. The highest BCUT2D eigenvalue weighted by Gasteiger charge is 2.46. The maximum Gasteiger partial charge on any atom is 0.295 e. The molecule has 1 heterocycles. The molecule has 162 valence electrons. The summed E-state index contributed by atoms with van der Waals surface area (Å²) in [6, 6.07) is 23.0. The molecule has 0 aliphatic carbocycles. The van der Waals surface area contributed by atoms with Gasteiger partial charge in [-0.3, -0.25) is 9.59 Å². The minimum atomic E-state index is -0.709. The number of hydrogen-bond donors (Lipinski definition) is 1. The van der Waals surface area contributed by atoms with Crippen molar-refractivity contribution in [2.24, 2.45) is 0 Å². The zero-order chi connectivity index (χ0) is 22.7. The molecule has 0 saturated carbocycles. The predicted octanol–water partition coefficient (Wildman–Crippen LogP) is 5.47. The summed E-state index contributed by atoms with van der Waals surface area (Å²) in [5.74, 6) is -0.868. The van der Waals surface area contributed by atoms with Crippen LogP contribution in [0.3, 0.4) is 0 Å². The Balaban J connectivity index is 1.82. The third-order valence-electron chi connectivity index (χ3n) is 5.34. The molecule has 0 bridgehead atoms. The molecule has 1 aliphatic rings. The van der Waals surface area contributed by atoms with Gasteiger partial charge in [-0.2, -0.15) is 0 Å². The summed E-state index contributed by atoms with van der Waals surface area (Å²) in [6.07, 6.45) is 0. The van der Waals surface area contributed by atoms with Crippen molar-refractivity contribution in [1.82, 2.24) is 4.90 Å². The summed E-state index contributed by atoms with van der Waals surface area (Å²) >= 11 is 3.47. The average molecular weight is 492 g/mol. The van der Waals surface area contributed by atoms with Gasteiger partial charge >= 0.3 is 0 Å². The number of nitrogens with zero attached hydrogens (tertiary/aromatic N) is 1. The number of likely N-dealkylation sites (tertiary alicyclic amines) is 1. The van der Waals surface area contributed by atoms with E-state index in [0.29, 0.717) is 17.9 Å². The summed E-state index contributed by atoms with van der Waals surface area (Å²) in [6.45, 7) is 2.67. The van der Waals surface area contributed by atoms with Gasteiger partial charge in [0.15, 0.2) is 0 Å². The number of carbonyl (C=O) groups is 2. The summed E-state index contributed by atoms with van der Waals surface area (Å²) < 4.78 is 6.28. The molecule has 1 fully saturated rings. The standard InChI is InChI=1S/C26H22BrNO4/c1-2-32-21-13-11-18(12-14-21)24(29)22-23(19-9-6-10-20(27)15-19)28(26(31)25(22)30)16-17-7-4-3-5-8-17/h3-15,23,29H,2,16H2,1H3/b24-22+. The van der Waals surface area contributed by atoms with E-state index in [1.807, 2.05) is 61.5 Å². The van der Waals surface area contributed by atoms with Crippen molar-refractivity contribution in [3.63, 3.8) is 0 Å². The quantitative estimate of drug-likeness (QED) is 0.282. The SMILES string of the molecule is CCOc1ccc(/C(O)=C2\C(=O)C(=O)N(Cc3ccccc3)C2c2cccc(Br)c2)cc1. The zero-order valence-corrected chi connectivity index (χ0v) is 19.1. The van der Waals surface area contributed by atoms with E-state index in [4.69, 9.17) is 4.74 Å². The number of hydrogen-bond acceptors (Lipinski definition) is 4. The fourth-order valence-corrected chi connectivity index (χ4v) is 4.29. The van der Waals surface area contributed by atoms with Crippen molar-refractivity contribution < 1.29 is 19.4 Å². The lowest BCUT2D eigenvalue weighted by atomic mass is 9.95. The van der Waals surface area contributed by atoms with E-state index in [2.05, 4.69) is 15.9 Å². The smallest absolute Gasteiger partial charge is 0.295 e. The first-order valence-corrected chi connectivity index (χ1v) is 11.1. The Morgan fingerprint density at radius 3 is 2.38 bits per heavy atom. The van der Waals surface area contributed by atoms with Crippen LogP contribution in [0.2, 0.25) is 0 Å². The molecule has 4 rings (SSSR count). The summed E-state index contributed by atoms with van der Waals surface area (Å²) in [7, 11) is 0. The highest BCUT2D eigenvalue weighted by Crippen LogP contribution is 2.41. The normalized spacial score (nSPS) is 17.6. The summed E-state index contributed by atoms with van der Waals surface area (Å²) in [5.41, 5.74) is 2.16. The fourth-order valence-electron chi connectivity index (χ4n) is 3.88. The molecule has 1 amide bonds. The number of rotatable bonds is 6. The van der Waals surface area contributed by atoms with Gasteiger partial charge in [0, 0.05) is 16.6 Å². The van der Waals surface area contributed by atoms with Crippen molar-refractivity contribution in [3.05, 3.63) is 106 Å². The molecule has 6 heteroatoms. The van der Waals surface area contributed by atoms with Gasteiger partial charge in [-0.15, -0.1) is 0 Å². The van der Waals surface area contributed by atoms with Crippen molar-refractivity contribution in [2.75, 3.05) is 6.61 Å². The Kier molecular flexibility index (Phi) is 6.42. The molecular formula is C26H22BrNO4. The fraction of sp³-hybridized carbons (Fsp3) is 0.154. The monoisotopic (exact) mass is 491 g/mol. The van der Waals surface area contributed by atoms with E-state index in [-0.39, 0.29) is 17.9 Å². The van der Waals surface area contributed by atoms with Crippen LogP contribution >= 0.6 is 15.9 Å². The third kappa shape index (κ3) is 4.32. The van der Waals surface area contributed by atoms with Crippen molar-refractivity contribution in [1.29, 1.82) is 0 Å². The number of amides is 1. The van der Waals surface area contributed by atoms with Gasteiger partial charge < -0.3 is 14.7 Å². The molecule has 32 heavy (non-hydrogen) atoms. The Morgan fingerprint density at radius 2 is 1.72 bits per heavy atom. The van der Waals surface area contributed by atoms with Crippen LogP contribution in [0.5, 0.6) is 5.75 Å². The highest BCUT2D eigenvalue weighted by molar-refractivity contribution is 9.10. The van der Waals surface area contributed by atoms with Gasteiger partial charge in [0.25, 0.3) is 11.7 Å². The van der Waals surface area contributed by atoms with E-state index in [1.165, 1.54) is 4.90 Å². The van der Waals surface area contributed by atoms with Crippen LogP contribution in [0.4, 0.5) is 0 Å². The van der Waals surface area contributed by atoms with Crippen molar-refractivity contribution in [3.8, 4) is 5.75 Å². The molecular weight excluding hydrogens is 470 g/mol. The van der Waals surface area contributed by atoms with Crippen LogP contribution in [0.1, 0.15) is 29.7 Å². The molecule has 1 unspecified atom stereocenters. The van der Waals surface area contributed by atoms with E-state index >= 15 is 0 Å². The topological polar surface area (TPSA) is 66.8 Å². The first kappa shape index (κ1) is 21.8. The Hall–Kier alpha value is -3.38. The second kappa shape index (κ2) is 9.40. The average Bonchev–Trinajstić information content (AvgIpc) is 3.05. The third-order valence-corrected chi connectivity index (χ3v) is 5.83. The van der Waals surface area contributed by atoms with Gasteiger partial charge in [-0.05, 0) is 54.4 Å². The summed E-state index contributed by atoms with van der Waals surface area (Å²) in [5, 5.41) is 11.1. The molecule has 3 aromatic carbocycles. The van der Waals surface area contributed by atoms with E-state index < -0.39 is 17.7 Å². The van der Waals surface area contributed by atoms with Crippen LogP contribution in [-0.2, 0) is 16.1 Å². The van der Waals surface area contributed by atoms with Crippen LogP contribution in [0.15, 0.2) is 88.9 Å². The molecule has 0 aromatic heterocycles. The van der Waals surface area contributed by atoms with Gasteiger partial charge in [-0.25, -0.2) is 0 Å². The number of aliphatic hydroxyl groups excluding tert-OH is 1. The van der Waals surface area contributed by atoms with Gasteiger partial charge in [0.1, 0.15) is 11.5 Å². The van der Waals surface area contributed by atoms with E-state index in [1.54, 1.807) is 24.3 Å². The lowest BCUT2D eigenvalue weighted by Gasteiger charge is -2.25. The molecule has 1 saturated heterocycles. The number of benzene rings is 3. The second-order valence-corrected chi connectivity index (χ2v) is 8.34. The Labute approximate surface area is 195 Å². The number of halogens is 1. The molecule has 1 atom stereocenters. The van der Waals surface area contributed by atoms with Gasteiger partial charge in [0.05, 0.1) is 18.2 Å². The van der Waals surface area contributed by atoms with Crippen LogP contribution in [0, 0.1) is 0 Å². The minimum absolute atomic E-state index is 0.0770. The molecule has 1 N–H and O–H groups in total. The highest BCUT2D eigenvalue weighted by atomic mass is 79.9. The maximum atomic E-state index is 13.1. The molecule has 1 aliphatic heterocycles. The number of carbonyl (C=O) groups excluding carboxylic acids is 2. The van der Waals surface area contributed by atoms with E-state index in [9.17, 15) is 14.7 Å². The minimum Gasteiger partial charge on any atom is -0.507 e.